The molecule has 0 amide bonds. The van der Waals surface area contributed by atoms with Crippen molar-refractivity contribution >= 4 is 21.8 Å². The Morgan fingerprint density at radius 1 is 1.07 bits per heavy atom. The van der Waals surface area contributed by atoms with E-state index in [1.807, 2.05) is 7.11 Å². The minimum Gasteiger partial charge on any atom is -0.379 e. The van der Waals surface area contributed by atoms with Crippen molar-refractivity contribution in [1.29, 1.82) is 0 Å². The van der Waals surface area contributed by atoms with Crippen molar-refractivity contribution in [2.45, 2.75) is 37.5 Å². The first-order valence-electron chi connectivity index (χ1n) is 10.6. The summed E-state index contributed by atoms with van der Waals surface area (Å²) in [5.74, 6) is 0.477. The summed E-state index contributed by atoms with van der Waals surface area (Å²) < 4.78 is 8.48. The monoisotopic (exact) mass is 385 g/mol. The highest BCUT2D eigenvalue weighted by Crippen LogP contribution is 2.45. The number of fused-ring (bicyclic) bond motifs is 7. The highest BCUT2D eigenvalue weighted by molar-refractivity contribution is 5.86. The number of aromatic nitrogens is 2. The lowest BCUT2D eigenvalue weighted by Gasteiger charge is -2.47. The molecule has 4 nitrogen and oxygen atoms in total. The molecule has 2 bridgehead atoms. The molecule has 3 heterocycles. The molecule has 0 radical (unpaired) electrons. The number of hydrogen-bond acceptors (Lipinski definition) is 2. The first-order chi connectivity index (χ1) is 14.2. The Labute approximate surface area is 171 Å². The van der Waals surface area contributed by atoms with Crippen LogP contribution in [0, 0.1) is 0 Å². The molecule has 3 atom stereocenters. The minimum absolute atomic E-state index is 0.235. The van der Waals surface area contributed by atoms with E-state index >= 15 is 0 Å². The highest BCUT2D eigenvalue weighted by Gasteiger charge is 2.43. The first-order valence-corrected chi connectivity index (χ1v) is 10.6. The fraction of sp³-hybridized carbons (Fsp3) is 0.360. The van der Waals surface area contributed by atoms with Crippen LogP contribution in [0.3, 0.4) is 0 Å². The van der Waals surface area contributed by atoms with Crippen LogP contribution < -0.4 is 0 Å². The van der Waals surface area contributed by atoms with Gasteiger partial charge in [0, 0.05) is 72.9 Å². The Morgan fingerprint density at radius 3 is 2.72 bits per heavy atom. The van der Waals surface area contributed by atoms with E-state index in [1.165, 1.54) is 45.0 Å². The summed E-state index contributed by atoms with van der Waals surface area (Å²) in [6.45, 7) is 1.97. The number of nitrogens with one attached hydrogen (secondary N) is 1. The first kappa shape index (κ1) is 17.3. The summed E-state index contributed by atoms with van der Waals surface area (Å²) >= 11 is 0. The predicted octanol–water partition coefficient (Wildman–Crippen LogP) is 4.59. The van der Waals surface area contributed by atoms with Gasteiger partial charge in [0.05, 0.1) is 6.10 Å². The molecule has 0 unspecified atom stereocenters. The van der Waals surface area contributed by atoms with Crippen LogP contribution in [0.2, 0.25) is 0 Å². The molecule has 2 aliphatic rings. The largest absolute Gasteiger partial charge is 0.379 e. The number of hydrogen-bond donors (Lipinski definition) is 1. The molecule has 1 fully saturated rings. The number of nitrogens with zero attached hydrogens (tertiary/aromatic N) is 2. The number of likely N-dealkylation sites (tertiary alicyclic amines) is 1. The molecule has 2 aromatic carbocycles. The number of para-hydroxylation sites is 2. The molecular formula is C25H27N3O. The van der Waals surface area contributed by atoms with Crippen molar-refractivity contribution in [3.63, 3.8) is 0 Å². The zero-order valence-corrected chi connectivity index (χ0v) is 17.1. The Morgan fingerprint density at radius 2 is 1.86 bits per heavy atom. The van der Waals surface area contributed by atoms with E-state index in [4.69, 9.17) is 4.74 Å². The third-order valence-electron chi connectivity index (χ3n) is 7.31. The third-order valence-corrected chi connectivity index (χ3v) is 7.31. The lowest BCUT2D eigenvalue weighted by atomic mass is 9.76. The SMILES string of the molecule is CO[C@H]1CN(Cc2c[nH]c3ccccc23)[C@@H]2Cc3c(n(C)c4ccccc34)[C@H]1C2. The van der Waals surface area contributed by atoms with Crippen LogP contribution in [0.5, 0.6) is 0 Å². The maximum atomic E-state index is 6.06. The fourth-order valence-electron chi connectivity index (χ4n) is 5.93. The standard InChI is InChI=1S/C25H27N3O/c1-27-23-10-6-4-8-19(23)20-11-17-12-21(25(20)27)24(29-2)15-28(17)14-16-13-26-22-9-5-3-7-18(16)22/h3-10,13,17,21,24,26H,11-12,14-15H2,1-2H3/t17-,21+,24+/m1/s1. The minimum atomic E-state index is 0.235. The quantitative estimate of drug-likeness (QED) is 0.560. The van der Waals surface area contributed by atoms with Gasteiger partial charge < -0.3 is 14.3 Å². The molecule has 0 saturated carbocycles. The highest BCUT2D eigenvalue weighted by atomic mass is 16.5. The average Bonchev–Trinajstić information content (AvgIpc) is 3.30. The summed E-state index contributed by atoms with van der Waals surface area (Å²) in [5.41, 5.74) is 7.00. The Hall–Kier alpha value is -2.56. The van der Waals surface area contributed by atoms with Crippen molar-refractivity contribution in [2.24, 2.45) is 7.05 Å². The molecule has 4 aromatic rings. The molecule has 4 heteroatoms. The van der Waals surface area contributed by atoms with Crippen LogP contribution >= 0.6 is 0 Å². The second kappa shape index (κ2) is 6.48. The normalized spacial score (nSPS) is 24.3. The number of methoxy groups -OCH3 is 1. The second-order valence-electron chi connectivity index (χ2n) is 8.70. The maximum absolute atomic E-state index is 6.06. The van der Waals surface area contributed by atoms with Crippen LogP contribution in [0.15, 0.2) is 54.7 Å². The summed E-state index contributed by atoms with van der Waals surface area (Å²) in [7, 11) is 4.11. The zero-order chi connectivity index (χ0) is 19.5. The van der Waals surface area contributed by atoms with Crippen molar-refractivity contribution in [2.75, 3.05) is 13.7 Å². The fourth-order valence-corrected chi connectivity index (χ4v) is 5.93. The zero-order valence-electron chi connectivity index (χ0n) is 17.1. The van der Waals surface area contributed by atoms with Gasteiger partial charge in [-0.1, -0.05) is 36.4 Å². The number of aryl methyl sites for hydroxylation is 1. The van der Waals surface area contributed by atoms with E-state index in [2.05, 4.69) is 76.2 Å². The maximum Gasteiger partial charge on any atom is 0.0781 e. The number of rotatable bonds is 3. The van der Waals surface area contributed by atoms with Crippen molar-refractivity contribution in [3.8, 4) is 0 Å². The molecule has 1 aliphatic heterocycles. The summed E-state index contributed by atoms with van der Waals surface area (Å²) in [6.07, 6.45) is 4.73. The van der Waals surface area contributed by atoms with Gasteiger partial charge in [-0.3, -0.25) is 4.90 Å². The molecule has 1 N–H and O–H groups in total. The van der Waals surface area contributed by atoms with Crippen LogP contribution in [0.1, 0.15) is 29.2 Å². The molecule has 1 aliphatic carbocycles. The molecule has 29 heavy (non-hydrogen) atoms. The summed E-state index contributed by atoms with van der Waals surface area (Å²) in [5, 5.41) is 2.76. The molecular weight excluding hydrogens is 358 g/mol. The van der Waals surface area contributed by atoms with Crippen molar-refractivity contribution in [1.82, 2.24) is 14.5 Å². The van der Waals surface area contributed by atoms with E-state index in [1.54, 1.807) is 0 Å². The van der Waals surface area contributed by atoms with Gasteiger partial charge in [-0.05, 0) is 36.1 Å². The van der Waals surface area contributed by atoms with Crippen molar-refractivity contribution in [3.05, 3.63) is 71.5 Å². The van der Waals surface area contributed by atoms with Gasteiger partial charge in [-0.2, -0.15) is 0 Å². The van der Waals surface area contributed by atoms with Gasteiger partial charge in [0.25, 0.3) is 0 Å². The average molecular weight is 386 g/mol. The van der Waals surface area contributed by atoms with Gasteiger partial charge >= 0.3 is 0 Å². The predicted molar refractivity (Wildman–Crippen MR) is 117 cm³/mol. The summed E-state index contributed by atoms with van der Waals surface area (Å²) in [4.78, 5) is 6.10. The second-order valence-corrected chi connectivity index (χ2v) is 8.70. The van der Waals surface area contributed by atoms with Gasteiger partial charge in [-0.25, -0.2) is 0 Å². The lowest BCUT2D eigenvalue weighted by molar-refractivity contribution is -0.0213. The molecule has 2 aromatic heterocycles. The van der Waals surface area contributed by atoms with Crippen LogP contribution in [0.4, 0.5) is 0 Å². The smallest absolute Gasteiger partial charge is 0.0781 e. The van der Waals surface area contributed by atoms with Crippen molar-refractivity contribution < 1.29 is 4.74 Å². The van der Waals surface area contributed by atoms with Gasteiger partial charge in [0.2, 0.25) is 0 Å². The number of benzene rings is 2. The Bertz CT molecular complexity index is 1200. The molecule has 148 valence electrons. The number of aromatic amines is 1. The summed E-state index contributed by atoms with van der Waals surface area (Å²) in [6, 6.07) is 18.0. The van der Waals surface area contributed by atoms with E-state index in [-0.39, 0.29) is 6.10 Å². The topological polar surface area (TPSA) is 33.2 Å². The molecule has 1 saturated heterocycles. The molecule has 6 rings (SSSR count). The van der Waals surface area contributed by atoms with Gasteiger partial charge in [0.15, 0.2) is 0 Å². The van der Waals surface area contributed by atoms with Gasteiger partial charge in [0.1, 0.15) is 0 Å². The van der Waals surface area contributed by atoms with Crippen LogP contribution in [0.25, 0.3) is 21.8 Å². The lowest BCUT2D eigenvalue weighted by Crippen LogP contribution is -2.52. The third kappa shape index (κ3) is 2.52. The number of piperidine rings is 1. The molecule has 0 spiro atoms. The van der Waals surface area contributed by atoms with Crippen LogP contribution in [-0.2, 0) is 24.8 Å². The van der Waals surface area contributed by atoms with E-state index in [9.17, 15) is 0 Å². The van der Waals surface area contributed by atoms with Gasteiger partial charge in [-0.15, -0.1) is 0 Å². The van der Waals surface area contributed by atoms with E-state index in [0.29, 0.717) is 12.0 Å². The Balaban J connectivity index is 1.41. The Kier molecular flexibility index (Phi) is 3.87. The number of ether oxygens (including phenoxy) is 1. The van der Waals surface area contributed by atoms with E-state index < -0.39 is 0 Å². The van der Waals surface area contributed by atoms with E-state index in [0.717, 1.165) is 19.5 Å². The number of H-pyrrole nitrogens is 1. The van der Waals surface area contributed by atoms with Crippen LogP contribution in [-0.4, -0.2) is 40.3 Å².